The van der Waals surface area contributed by atoms with Crippen LogP contribution in [0.1, 0.15) is 11.1 Å². The third-order valence-electron chi connectivity index (χ3n) is 9.68. The van der Waals surface area contributed by atoms with Crippen molar-refractivity contribution in [1.29, 1.82) is 0 Å². The van der Waals surface area contributed by atoms with Gasteiger partial charge in [0, 0.05) is 38.6 Å². The zero-order valence-electron chi connectivity index (χ0n) is 29.2. The Bertz CT molecular complexity index is 2690. The van der Waals surface area contributed by atoms with Crippen molar-refractivity contribution in [3.63, 3.8) is 0 Å². The van der Waals surface area contributed by atoms with Crippen LogP contribution in [-0.4, -0.2) is 19.6 Å². The minimum atomic E-state index is 0. The summed E-state index contributed by atoms with van der Waals surface area (Å²) in [5, 5.41) is 11.1. The normalized spacial score (nSPS) is 11.0. The van der Waals surface area contributed by atoms with Gasteiger partial charge in [-0.3, -0.25) is 9.55 Å². The number of fused-ring (bicyclic) bond motifs is 1. The molecule has 7 aromatic carbocycles. The van der Waals surface area contributed by atoms with Gasteiger partial charge >= 0.3 is 0 Å². The quantitative estimate of drug-likeness (QED) is 0.155. The van der Waals surface area contributed by atoms with E-state index in [0.717, 1.165) is 73.3 Å². The van der Waals surface area contributed by atoms with Gasteiger partial charge in [-0.25, -0.2) is 4.98 Å². The van der Waals surface area contributed by atoms with E-state index in [1.807, 2.05) is 48.7 Å². The van der Waals surface area contributed by atoms with Crippen molar-refractivity contribution in [3.05, 3.63) is 205 Å². The van der Waals surface area contributed by atoms with Crippen molar-refractivity contribution >= 4 is 11.0 Å². The average molecular weight is 876 g/mol. The Morgan fingerprint density at radius 2 is 1.13 bits per heavy atom. The minimum Gasteiger partial charge on any atom is -0.507 e. The van der Waals surface area contributed by atoms with Gasteiger partial charge in [-0.15, -0.1) is 29.3 Å². The van der Waals surface area contributed by atoms with Crippen molar-refractivity contribution < 1.29 is 26.2 Å². The summed E-state index contributed by atoms with van der Waals surface area (Å²) in [4.78, 5) is 10.2. The molecule has 0 radical (unpaired) electrons. The molecule has 0 saturated carbocycles. The van der Waals surface area contributed by atoms with E-state index in [9.17, 15) is 5.11 Å². The standard InChI is InChI=1S/C49H34N3O.Pt/c53-47-22-11-10-19-44(47)49-51-48-43(20-12-21-46(48)52(49)42-25-23-38(24-26-42)36-15-6-2-7-16-36)40-30-35(29-34-13-4-1-5-14-34)31-41(32-40)45-33-39(27-28-50-45)37-17-8-3-9-18-37;/h1-28,30-31,33,53H,29H2;/q-1;. The SMILES string of the molecule is Oc1ccccc1-c1nc2c(-c3[c-]c(-c4cc(-c5ccccc5)ccn4)cc(Cc4ccccc4)c3)cccc2n1-c1ccc(-c2ccccc2)cc1.[Pt]. The second kappa shape index (κ2) is 15.3. The Kier molecular flexibility index (Phi) is 9.85. The van der Waals surface area contributed by atoms with Gasteiger partial charge in [0.2, 0.25) is 0 Å². The number of benzene rings is 7. The van der Waals surface area contributed by atoms with Crippen LogP contribution in [0.2, 0.25) is 0 Å². The predicted octanol–water partition coefficient (Wildman–Crippen LogP) is 11.8. The molecule has 4 nitrogen and oxygen atoms in total. The molecule has 5 heteroatoms. The summed E-state index contributed by atoms with van der Waals surface area (Å²) in [6.45, 7) is 0. The van der Waals surface area contributed by atoms with Gasteiger partial charge in [0.15, 0.2) is 0 Å². The number of rotatable bonds is 8. The fraction of sp³-hybridized carbons (Fsp3) is 0.0204. The van der Waals surface area contributed by atoms with Crippen LogP contribution in [0.5, 0.6) is 5.75 Å². The van der Waals surface area contributed by atoms with Gasteiger partial charge in [0.05, 0.1) is 16.6 Å². The molecule has 2 heterocycles. The van der Waals surface area contributed by atoms with Crippen LogP contribution >= 0.6 is 0 Å². The maximum Gasteiger partial charge on any atom is 0.148 e. The van der Waals surface area contributed by atoms with Crippen molar-refractivity contribution in [2.75, 3.05) is 0 Å². The van der Waals surface area contributed by atoms with Gasteiger partial charge in [-0.05, 0) is 70.6 Å². The first-order chi connectivity index (χ1) is 26.2. The average Bonchev–Trinajstić information content (AvgIpc) is 3.62. The molecular formula is C49H34N3OPt-. The van der Waals surface area contributed by atoms with Crippen LogP contribution in [-0.2, 0) is 27.5 Å². The van der Waals surface area contributed by atoms with Crippen LogP contribution < -0.4 is 0 Å². The number of hydrogen-bond acceptors (Lipinski definition) is 3. The number of imidazole rings is 1. The number of pyridine rings is 1. The van der Waals surface area contributed by atoms with Crippen LogP contribution in [0.25, 0.3) is 72.7 Å². The minimum absolute atomic E-state index is 0. The maximum atomic E-state index is 11.1. The fourth-order valence-corrected chi connectivity index (χ4v) is 7.09. The topological polar surface area (TPSA) is 50.9 Å². The Labute approximate surface area is 329 Å². The molecule has 9 aromatic rings. The molecule has 2 aromatic heterocycles. The van der Waals surface area contributed by atoms with Gasteiger partial charge in [0.1, 0.15) is 11.6 Å². The van der Waals surface area contributed by atoms with Gasteiger partial charge in [-0.1, -0.05) is 145 Å². The van der Waals surface area contributed by atoms with E-state index in [4.69, 9.17) is 9.97 Å². The van der Waals surface area contributed by atoms with Gasteiger partial charge in [-0.2, -0.15) is 0 Å². The molecule has 0 spiro atoms. The van der Waals surface area contributed by atoms with Crippen molar-refractivity contribution in [2.45, 2.75) is 6.42 Å². The third kappa shape index (κ3) is 6.92. The van der Waals surface area contributed by atoms with Crippen LogP contribution in [0.15, 0.2) is 188 Å². The number of hydrogen-bond donors (Lipinski definition) is 1. The summed E-state index contributed by atoms with van der Waals surface area (Å²) >= 11 is 0. The fourth-order valence-electron chi connectivity index (χ4n) is 7.09. The summed E-state index contributed by atoms with van der Waals surface area (Å²) in [6.07, 6.45) is 2.63. The maximum absolute atomic E-state index is 11.1. The first-order valence-corrected chi connectivity index (χ1v) is 17.8. The van der Waals surface area contributed by atoms with E-state index in [1.165, 1.54) is 5.56 Å². The smallest absolute Gasteiger partial charge is 0.148 e. The van der Waals surface area contributed by atoms with Gasteiger partial charge < -0.3 is 5.11 Å². The van der Waals surface area contributed by atoms with E-state index in [1.54, 1.807) is 6.07 Å². The number of aromatic nitrogens is 3. The Morgan fingerprint density at radius 1 is 0.519 bits per heavy atom. The molecule has 0 aliphatic rings. The molecular weight excluding hydrogens is 842 g/mol. The van der Waals surface area contributed by atoms with E-state index in [0.29, 0.717) is 11.4 Å². The largest absolute Gasteiger partial charge is 0.507 e. The molecule has 0 fully saturated rings. The molecule has 0 aliphatic heterocycles. The first kappa shape index (κ1) is 34.7. The van der Waals surface area contributed by atoms with Crippen molar-refractivity contribution in [1.82, 2.24) is 14.5 Å². The summed E-state index contributed by atoms with van der Waals surface area (Å²) in [6, 6.07) is 65.9. The molecule has 0 saturated heterocycles. The molecule has 0 unspecified atom stereocenters. The molecule has 0 atom stereocenters. The van der Waals surface area contributed by atoms with Crippen LogP contribution in [0.3, 0.4) is 0 Å². The van der Waals surface area contributed by atoms with E-state index in [-0.39, 0.29) is 26.8 Å². The zero-order valence-corrected chi connectivity index (χ0v) is 31.5. The molecule has 262 valence electrons. The third-order valence-corrected chi connectivity index (χ3v) is 9.68. The van der Waals surface area contributed by atoms with Gasteiger partial charge in [0.25, 0.3) is 0 Å². The summed E-state index contributed by atoms with van der Waals surface area (Å²) in [5.41, 5.74) is 13.9. The van der Waals surface area contributed by atoms with Crippen molar-refractivity contribution in [2.24, 2.45) is 0 Å². The molecule has 9 rings (SSSR count). The Morgan fingerprint density at radius 3 is 1.85 bits per heavy atom. The van der Waals surface area contributed by atoms with E-state index >= 15 is 0 Å². The second-order valence-electron chi connectivity index (χ2n) is 13.1. The Balaban J connectivity index is 0.00000413. The molecule has 0 aliphatic carbocycles. The second-order valence-corrected chi connectivity index (χ2v) is 13.1. The van der Waals surface area contributed by atoms with E-state index < -0.39 is 0 Å². The summed E-state index contributed by atoms with van der Waals surface area (Å²) in [7, 11) is 0. The van der Waals surface area contributed by atoms with Crippen molar-refractivity contribution in [3.8, 4) is 67.5 Å². The number of phenols is 1. The predicted molar refractivity (Wildman–Crippen MR) is 216 cm³/mol. The zero-order chi connectivity index (χ0) is 35.6. The molecule has 0 bridgehead atoms. The number of aromatic hydroxyl groups is 1. The molecule has 1 N–H and O–H groups in total. The van der Waals surface area contributed by atoms with E-state index in [2.05, 4.69) is 144 Å². The Hall–Kier alpha value is -6.35. The van der Waals surface area contributed by atoms with Crippen LogP contribution in [0, 0.1) is 6.07 Å². The molecule has 0 amide bonds. The van der Waals surface area contributed by atoms with Crippen LogP contribution in [0.4, 0.5) is 0 Å². The molecule has 54 heavy (non-hydrogen) atoms. The first-order valence-electron chi connectivity index (χ1n) is 17.8. The number of nitrogens with zero attached hydrogens (tertiary/aromatic N) is 3. The number of para-hydroxylation sites is 2. The number of phenolic OH excluding ortho intramolecular Hbond substituents is 1. The monoisotopic (exact) mass is 875 g/mol. The summed E-state index contributed by atoms with van der Waals surface area (Å²) < 4.78 is 2.14. The summed E-state index contributed by atoms with van der Waals surface area (Å²) in [5.74, 6) is 0.838.